The van der Waals surface area contributed by atoms with Crippen molar-refractivity contribution in [3.63, 3.8) is 0 Å². The Kier molecular flexibility index (Phi) is 4.45. The Morgan fingerprint density at radius 2 is 1.79 bits per heavy atom. The third kappa shape index (κ3) is 2.74. The van der Waals surface area contributed by atoms with Crippen LogP contribution in [-0.2, 0) is 0 Å². The van der Waals surface area contributed by atoms with Crippen LogP contribution in [0.1, 0.15) is 17.2 Å². The summed E-state index contributed by atoms with van der Waals surface area (Å²) in [6.07, 6.45) is 0.923. The van der Waals surface area contributed by atoms with E-state index in [4.69, 9.17) is 4.74 Å². The van der Waals surface area contributed by atoms with Gasteiger partial charge in [0.25, 0.3) is 0 Å². The van der Waals surface area contributed by atoms with Crippen LogP contribution >= 0.6 is 11.8 Å². The molecule has 2 aromatic rings. The largest absolute Gasteiger partial charge is 0.494 e. The molecule has 1 N–H and O–H groups in total. The van der Waals surface area contributed by atoms with E-state index in [0.717, 1.165) is 4.90 Å². The Balaban J connectivity index is 2.47. The summed E-state index contributed by atoms with van der Waals surface area (Å²) in [5.74, 6) is -0.383. The first-order valence-electron chi connectivity index (χ1n) is 5.82. The second-order valence-electron chi connectivity index (χ2n) is 4.01. The van der Waals surface area contributed by atoms with Gasteiger partial charge in [0.05, 0.1) is 7.11 Å². The number of thioether (sulfide) groups is 1. The average molecular weight is 278 g/mol. The van der Waals surface area contributed by atoms with Gasteiger partial charge in [-0.3, -0.25) is 0 Å². The fourth-order valence-electron chi connectivity index (χ4n) is 1.96. The minimum absolute atomic E-state index is 0.137. The molecule has 0 aromatic heterocycles. The van der Waals surface area contributed by atoms with E-state index in [9.17, 15) is 9.50 Å². The van der Waals surface area contributed by atoms with Gasteiger partial charge in [-0.25, -0.2) is 4.39 Å². The summed E-state index contributed by atoms with van der Waals surface area (Å²) in [7, 11) is 1.41. The first kappa shape index (κ1) is 13.9. The van der Waals surface area contributed by atoms with Gasteiger partial charge in [-0.2, -0.15) is 0 Å². The van der Waals surface area contributed by atoms with Crippen LogP contribution in [-0.4, -0.2) is 18.5 Å². The maximum absolute atomic E-state index is 14.2. The summed E-state index contributed by atoms with van der Waals surface area (Å²) in [5.41, 5.74) is 0.919. The lowest BCUT2D eigenvalue weighted by molar-refractivity contribution is 0.210. The molecular formula is C15H15FO2S. The molecule has 2 aromatic carbocycles. The van der Waals surface area contributed by atoms with Crippen molar-refractivity contribution in [1.82, 2.24) is 0 Å². The Hall–Kier alpha value is -1.52. The summed E-state index contributed by atoms with van der Waals surface area (Å²) < 4.78 is 19.1. The summed E-state index contributed by atoms with van der Waals surface area (Å²) in [5, 5.41) is 10.4. The predicted molar refractivity (Wildman–Crippen MR) is 75.2 cm³/mol. The van der Waals surface area contributed by atoms with Crippen molar-refractivity contribution in [2.24, 2.45) is 0 Å². The molecule has 0 aliphatic rings. The van der Waals surface area contributed by atoms with Crippen LogP contribution in [0, 0.1) is 5.82 Å². The number of hydrogen-bond donors (Lipinski definition) is 1. The van der Waals surface area contributed by atoms with E-state index < -0.39 is 11.9 Å². The van der Waals surface area contributed by atoms with E-state index in [1.807, 2.05) is 24.5 Å². The van der Waals surface area contributed by atoms with Crippen molar-refractivity contribution in [2.45, 2.75) is 11.0 Å². The van der Waals surface area contributed by atoms with Crippen LogP contribution in [0.25, 0.3) is 0 Å². The van der Waals surface area contributed by atoms with Crippen LogP contribution < -0.4 is 4.74 Å². The lowest BCUT2D eigenvalue weighted by Gasteiger charge is -2.16. The third-order valence-electron chi connectivity index (χ3n) is 2.94. The molecule has 0 saturated carbocycles. The van der Waals surface area contributed by atoms with E-state index in [1.165, 1.54) is 24.9 Å². The minimum Gasteiger partial charge on any atom is -0.494 e. The predicted octanol–water partition coefficient (Wildman–Crippen LogP) is 3.64. The molecule has 0 aliphatic heterocycles. The maximum atomic E-state index is 14.2. The monoisotopic (exact) mass is 278 g/mol. The van der Waals surface area contributed by atoms with Crippen LogP contribution in [0.2, 0.25) is 0 Å². The Labute approximate surface area is 116 Å². The fraction of sp³-hybridized carbons (Fsp3) is 0.200. The van der Waals surface area contributed by atoms with E-state index in [0.29, 0.717) is 5.56 Å². The number of hydrogen-bond acceptors (Lipinski definition) is 3. The molecule has 19 heavy (non-hydrogen) atoms. The van der Waals surface area contributed by atoms with Crippen LogP contribution in [0.15, 0.2) is 47.4 Å². The number of benzene rings is 2. The van der Waals surface area contributed by atoms with Crippen molar-refractivity contribution < 1.29 is 14.2 Å². The molecule has 100 valence electrons. The molecule has 0 heterocycles. The first-order chi connectivity index (χ1) is 9.19. The molecule has 0 saturated heterocycles. The summed E-state index contributed by atoms with van der Waals surface area (Å²) in [6, 6.07) is 12.2. The highest BCUT2D eigenvalue weighted by Crippen LogP contribution is 2.33. The standard InChI is InChI=1S/C15H15FO2S/c1-18-12-8-5-7-11(14(12)16)15(17)10-6-3-4-9-13(10)19-2/h3-9,15,17H,1-2H3. The number of halogens is 1. The van der Waals surface area contributed by atoms with E-state index in [-0.39, 0.29) is 11.3 Å². The third-order valence-corrected chi connectivity index (χ3v) is 3.75. The molecule has 4 heteroatoms. The SMILES string of the molecule is COc1cccc(C(O)c2ccccc2SC)c1F. The number of methoxy groups -OCH3 is 1. The second kappa shape index (κ2) is 6.08. The maximum Gasteiger partial charge on any atom is 0.171 e. The zero-order chi connectivity index (χ0) is 13.8. The molecule has 0 aliphatic carbocycles. The smallest absolute Gasteiger partial charge is 0.171 e. The number of ether oxygens (including phenoxy) is 1. The second-order valence-corrected chi connectivity index (χ2v) is 4.86. The number of aliphatic hydroxyl groups is 1. The van der Waals surface area contributed by atoms with E-state index in [1.54, 1.807) is 18.2 Å². The van der Waals surface area contributed by atoms with Gasteiger partial charge in [0.15, 0.2) is 11.6 Å². The van der Waals surface area contributed by atoms with E-state index in [2.05, 4.69) is 0 Å². The first-order valence-corrected chi connectivity index (χ1v) is 7.05. The lowest BCUT2D eigenvalue weighted by Crippen LogP contribution is -2.05. The van der Waals surface area contributed by atoms with Crippen LogP contribution in [0.3, 0.4) is 0 Å². The fourth-order valence-corrected chi connectivity index (χ4v) is 2.59. The van der Waals surface area contributed by atoms with Crippen molar-refractivity contribution in [1.29, 1.82) is 0 Å². The Bertz CT molecular complexity index is 572. The molecule has 0 radical (unpaired) electrons. The zero-order valence-electron chi connectivity index (χ0n) is 10.8. The van der Waals surface area contributed by atoms with Gasteiger partial charge in [-0.15, -0.1) is 11.8 Å². The van der Waals surface area contributed by atoms with E-state index >= 15 is 0 Å². The molecule has 2 rings (SSSR count). The van der Waals surface area contributed by atoms with Gasteiger partial charge in [-0.05, 0) is 24.0 Å². The van der Waals surface area contributed by atoms with Crippen molar-refractivity contribution in [3.05, 3.63) is 59.4 Å². The Morgan fingerprint density at radius 3 is 2.47 bits per heavy atom. The van der Waals surface area contributed by atoms with Crippen LogP contribution in [0.4, 0.5) is 4.39 Å². The van der Waals surface area contributed by atoms with Gasteiger partial charge in [0.1, 0.15) is 6.10 Å². The zero-order valence-corrected chi connectivity index (χ0v) is 11.6. The summed E-state index contributed by atoms with van der Waals surface area (Å²) in [6.45, 7) is 0. The van der Waals surface area contributed by atoms with Gasteiger partial charge >= 0.3 is 0 Å². The topological polar surface area (TPSA) is 29.5 Å². The quantitative estimate of drug-likeness (QED) is 0.866. The Morgan fingerprint density at radius 1 is 1.11 bits per heavy atom. The van der Waals surface area contributed by atoms with Gasteiger partial charge < -0.3 is 9.84 Å². The van der Waals surface area contributed by atoms with Crippen molar-refractivity contribution in [2.75, 3.05) is 13.4 Å². The highest BCUT2D eigenvalue weighted by molar-refractivity contribution is 7.98. The van der Waals surface area contributed by atoms with Gasteiger partial charge in [0, 0.05) is 10.5 Å². The number of aliphatic hydroxyl groups excluding tert-OH is 1. The highest BCUT2D eigenvalue weighted by Gasteiger charge is 2.19. The molecular weight excluding hydrogens is 263 g/mol. The van der Waals surface area contributed by atoms with Crippen molar-refractivity contribution >= 4 is 11.8 Å². The molecule has 0 amide bonds. The molecule has 0 spiro atoms. The van der Waals surface area contributed by atoms with Gasteiger partial charge in [0.2, 0.25) is 0 Å². The van der Waals surface area contributed by atoms with Crippen molar-refractivity contribution in [3.8, 4) is 5.75 Å². The summed E-state index contributed by atoms with van der Waals surface area (Å²) in [4.78, 5) is 0.928. The minimum atomic E-state index is -1.00. The average Bonchev–Trinajstić information content (AvgIpc) is 2.46. The highest BCUT2D eigenvalue weighted by atomic mass is 32.2. The normalized spacial score (nSPS) is 12.2. The summed E-state index contributed by atoms with van der Waals surface area (Å²) >= 11 is 1.52. The molecule has 1 unspecified atom stereocenters. The molecule has 1 atom stereocenters. The lowest BCUT2D eigenvalue weighted by atomic mass is 10.0. The molecule has 0 fully saturated rings. The number of rotatable bonds is 4. The molecule has 0 bridgehead atoms. The molecule has 2 nitrogen and oxygen atoms in total. The van der Waals surface area contributed by atoms with Crippen LogP contribution in [0.5, 0.6) is 5.75 Å². The van der Waals surface area contributed by atoms with Gasteiger partial charge in [-0.1, -0.05) is 30.3 Å².